The molecule has 0 aliphatic carbocycles. The fourth-order valence-electron chi connectivity index (χ4n) is 0.432. The summed E-state index contributed by atoms with van der Waals surface area (Å²) in [5.41, 5.74) is 9.67. The molecule has 0 aliphatic rings. The lowest BCUT2D eigenvalue weighted by Gasteiger charge is -2.00. The van der Waals surface area contributed by atoms with Crippen LogP contribution in [0.2, 0.25) is 0 Å². The molecule has 11 heavy (non-hydrogen) atoms. The Bertz CT molecular complexity index is 267. The summed E-state index contributed by atoms with van der Waals surface area (Å²) in [6.45, 7) is 2.98. The summed E-state index contributed by atoms with van der Waals surface area (Å²) in [6.07, 6.45) is 0. The summed E-state index contributed by atoms with van der Waals surface area (Å²) in [5, 5.41) is 0. The van der Waals surface area contributed by atoms with Crippen LogP contribution in [0.3, 0.4) is 0 Å². The van der Waals surface area contributed by atoms with Crippen LogP contribution in [0, 0.1) is 0 Å². The van der Waals surface area contributed by atoms with Crippen LogP contribution in [-0.4, -0.2) is 26.6 Å². The van der Waals surface area contributed by atoms with Gasteiger partial charge in [0.15, 0.2) is 9.84 Å². The van der Waals surface area contributed by atoms with E-state index in [-0.39, 0.29) is 12.3 Å². The Labute approximate surface area is 65.0 Å². The first kappa shape index (κ1) is 10.1. The number of carbonyl (C=O) groups is 1. The van der Waals surface area contributed by atoms with Crippen molar-refractivity contribution in [2.24, 2.45) is 11.5 Å². The predicted molar refractivity (Wildman–Crippen MR) is 41.2 cm³/mol. The van der Waals surface area contributed by atoms with E-state index in [1.54, 1.807) is 0 Å². The molecule has 0 fully saturated rings. The third-order valence-electron chi connectivity index (χ3n) is 1.04. The van der Waals surface area contributed by atoms with E-state index in [0.29, 0.717) is 0 Å². The summed E-state index contributed by atoms with van der Waals surface area (Å²) in [4.78, 5) is 9.74. The van der Waals surface area contributed by atoms with Gasteiger partial charge in [-0.15, -0.1) is 0 Å². The summed E-state index contributed by atoms with van der Waals surface area (Å²) in [5.74, 6) is -1.33. The zero-order valence-electron chi connectivity index (χ0n) is 5.91. The third-order valence-corrected chi connectivity index (χ3v) is 2.76. The minimum atomic E-state index is -3.60. The van der Waals surface area contributed by atoms with Crippen molar-refractivity contribution in [2.75, 3.05) is 12.3 Å². The van der Waals surface area contributed by atoms with Gasteiger partial charge in [-0.25, -0.2) is 8.42 Å². The largest absolute Gasteiger partial charge is 0.365 e. The maximum atomic E-state index is 10.9. The highest BCUT2D eigenvalue weighted by Crippen LogP contribution is 2.02. The number of rotatable bonds is 4. The normalized spacial score (nSPS) is 11.0. The fourth-order valence-corrected chi connectivity index (χ4v) is 1.29. The number of nitrogens with two attached hydrogens (primary N) is 2. The predicted octanol–water partition coefficient (Wildman–Crippen LogP) is -1.64. The second-order valence-electron chi connectivity index (χ2n) is 1.89. The van der Waals surface area contributed by atoms with Gasteiger partial charge in [-0.3, -0.25) is 4.79 Å². The van der Waals surface area contributed by atoms with Gasteiger partial charge in [0.1, 0.15) is 4.91 Å². The first-order valence-electron chi connectivity index (χ1n) is 2.83. The molecule has 0 atom stereocenters. The van der Waals surface area contributed by atoms with E-state index in [1.165, 1.54) is 0 Å². The van der Waals surface area contributed by atoms with Crippen molar-refractivity contribution in [3.63, 3.8) is 0 Å². The lowest BCUT2D eigenvalue weighted by atomic mass is 10.6. The van der Waals surface area contributed by atoms with Crippen LogP contribution in [0.4, 0.5) is 0 Å². The van der Waals surface area contributed by atoms with Crippen LogP contribution in [0.5, 0.6) is 0 Å². The molecule has 0 aromatic rings. The van der Waals surface area contributed by atoms with E-state index in [9.17, 15) is 13.2 Å². The van der Waals surface area contributed by atoms with Gasteiger partial charge in [-0.1, -0.05) is 6.58 Å². The van der Waals surface area contributed by atoms with Gasteiger partial charge in [-0.05, 0) is 0 Å². The molecule has 0 spiro atoms. The highest BCUT2D eigenvalue weighted by Gasteiger charge is 2.18. The number of hydrogen-bond acceptors (Lipinski definition) is 4. The fraction of sp³-hybridized carbons (Fsp3) is 0.400. The first-order chi connectivity index (χ1) is 4.91. The Hall–Kier alpha value is -0.880. The zero-order chi connectivity index (χ0) is 9.07. The average molecular weight is 178 g/mol. The molecule has 64 valence electrons. The van der Waals surface area contributed by atoms with Gasteiger partial charge >= 0.3 is 0 Å². The molecule has 0 aliphatic heterocycles. The van der Waals surface area contributed by atoms with Gasteiger partial charge in [0.25, 0.3) is 5.91 Å². The zero-order valence-corrected chi connectivity index (χ0v) is 6.73. The Morgan fingerprint density at radius 1 is 1.45 bits per heavy atom. The van der Waals surface area contributed by atoms with Gasteiger partial charge in [0, 0.05) is 6.54 Å². The van der Waals surface area contributed by atoms with E-state index in [4.69, 9.17) is 11.5 Å². The average Bonchev–Trinajstić information content (AvgIpc) is 1.86. The van der Waals surface area contributed by atoms with Crippen LogP contribution in [0.25, 0.3) is 0 Å². The van der Waals surface area contributed by atoms with Gasteiger partial charge < -0.3 is 11.5 Å². The Balaban J connectivity index is 4.59. The molecule has 0 aromatic carbocycles. The Kier molecular flexibility index (Phi) is 3.21. The van der Waals surface area contributed by atoms with Crippen LogP contribution < -0.4 is 11.5 Å². The quantitative estimate of drug-likeness (QED) is 0.504. The van der Waals surface area contributed by atoms with Crippen LogP contribution >= 0.6 is 0 Å². The summed E-state index contributed by atoms with van der Waals surface area (Å²) in [7, 11) is -3.60. The van der Waals surface area contributed by atoms with E-state index in [1.807, 2.05) is 0 Å². The number of carbonyl (C=O) groups excluding carboxylic acids is 1. The van der Waals surface area contributed by atoms with Crippen molar-refractivity contribution in [3.8, 4) is 0 Å². The second kappa shape index (κ2) is 3.49. The smallest absolute Gasteiger partial charge is 0.259 e. The van der Waals surface area contributed by atoms with E-state index < -0.39 is 20.6 Å². The Morgan fingerprint density at radius 2 is 1.91 bits per heavy atom. The maximum absolute atomic E-state index is 10.9. The maximum Gasteiger partial charge on any atom is 0.259 e. The minimum Gasteiger partial charge on any atom is -0.365 e. The summed E-state index contributed by atoms with van der Waals surface area (Å²) < 4.78 is 21.8. The standard InChI is InChI=1S/C5H10N2O3S/c1-4(5(7)8)11(9,10)3-2-6/h1-3,6H2,(H2,7,8). The first-order valence-corrected chi connectivity index (χ1v) is 4.48. The molecule has 5 nitrogen and oxygen atoms in total. The van der Waals surface area contributed by atoms with Crippen molar-refractivity contribution in [3.05, 3.63) is 11.5 Å². The molecule has 4 N–H and O–H groups in total. The third kappa shape index (κ3) is 2.69. The minimum absolute atomic E-state index is 0.0470. The molecule has 0 rings (SSSR count). The van der Waals surface area contributed by atoms with E-state index >= 15 is 0 Å². The molecule has 0 saturated heterocycles. The van der Waals surface area contributed by atoms with Crippen molar-refractivity contribution in [1.82, 2.24) is 0 Å². The molecule has 0 saturated carbocycles. The number of hydrogen-bond donors (Lipinski definition) is 2. The molecule has 0 aromatic heterocycles. The summed E-state index contributed by atoms with van der Waals surface area (Å²) >= 11 is 0. The SMILES string of the molecule is C=C(C(N)=O)S(=O)(=O)CCN. The summed E-state index contributed by atoms with van der Waals surface area (Å²) in [6, 6.07) is 0. The lowest BCUT2D eigenvalue weighted by Crippen LogP contribution is -2.25. The molecule has 0 heterocycles. The molecule has 0 radical (unpaired) electrons. The highest BCUT2D eigenvalue weighted by atomic mass is 32.2. The van der Waals surface area contributed by atoms with Gasteiger partial charge in [-0.2, -0.15) is 0 Å². The Morgan fingerprint density at radius 3 is 2.18 bits per heavy atom. The topological polar surface area (TPSA) is 103 Å². The van der Waals surface area contributed by atoms with Crippen molar-refractivity contribution in [1.29, 1.82) is 0 Å². The molecule has 6 heteroatoms. The van der Waals surface area contributed by atoms with E-state index in [0.717, 1.165) is 0 Å². The van der Waals surface area contributed by atoms with Gasteiger partial charge in [0.05, 0.1) is 5.75 Å². The molecular weight excluding hydrogens is 168 g/mol. The van der Waals surface area contributed by atoms with Crippen LogP contribution in [0.15, 0.2) is 11.5 Å². The molecular formula is C5H10N2O3S. The van der Waals surface area contributed by atoms with Crippen LogP contribution in [-0.2, 0) is 14.6 Å². The molecule has 0 bridgehead atoms. The highest BCUT2D eigenvalue weighted by molar-refractivity contribution is 7.96. The van der Waals surface area contributed by atoms with Crippen molar-refractivity contribution >= 4 is 15.7 Å². The number of sulfone groups is 1. The van der Waals surface area contributed by atoms with Crippen LogP contribution in [0.1, 0.15) is 0 Å². The van der Waals surface area contributed by atoms with Crippen molar-refractivity contribution < 1.29 is 13.2 Å². The molecule has 1 amide bonds. The lowest BCUT2D eigenvalue weighted by molar-refractivity contribution is -0.113. The van der Waals surface area contributed by atoms with E-state index in [2.05, 4.69) is 6.58 Å². The number of amides is 1. The molecule has 0 unspecified atom stereocenters. The van der Waals surface area contributed by atoms with Crippen molar-refractivity contribution in [2.45, 2.75) is 0 Å². The second-order valence-corrected chi connectivity index (χ2v) is 4.03. The monoisotopic (exact) mass is 178 g/mol. The van der Waals surface area contributed by atoms with Gasteiger partial charge in [0.2, 0.25) is 0 Å². The number of primary amides is 1.